The summed E-state index contributed by atoms with van der Waals surface area (Å²) in [6, 6.07) is 7.43. The van der Waals surface area contributed by atoms with Crippen LogP contribution >= 0.6 is 11.8 Å². The summed E-state index contributed by atoms with van der Waals surface area (Å²) >= 11 is 1.60. The lowest BCUT2D eigenvalue weighted by Gasteiger charge is -2.06. The van der Waals surface area contributed by atoms with Crippen LogP contribution in [0.1, 0.15) is 5.76 Å². The van der Waals surface area contributed by atoms with Crippen LogP contribution in [0.4, 0.5) is 5.69 Å². The van der Waals surface area contributed by atoms with Crippen molar-refractivity contribution in [2.24, 2.45) is 0 Å². The Morgan fingerprint density at radius 2 is 2.31 bits per heavy atom. The second kappa shape index (κ2) is 4.94. The molecule has 0 spiro atoms. The normalized spacial score (nSPS) is 10.3. The number of hydrogen-bond donors (Lipinski definition) is 1. The fraction of sp³-hybridized carbons (Fsp3) is 0.182. The molecule has 0 bridgehead atoms. The minimum Gasteiger partial charge on any atom is -0.497 e. The number of nitrogen functional groups attached to an aromatic ring is 1. The number of benzene rings is 1. The first-order valence-electron chi connectivity index (χ1n) is 4.75. The first kappa shape index (κ1) is 10.9. The fourth-order valence-corrected chi connectivity index (χ4v) is 2.11. The molecular weight excluding hydrogens is 224 g/mol. The highest BCUT2D eigenvalue weighted by molar-refractivity contribution is 7.98. The van der Waals surface area contributed by atoms with E-state index in [9.17, 15) is 0 Å². The van der Waals surface area contributed by atoms with Crippen molar-refractivity contribution in [2.75, 3.05) is 12.8 Å². The van der Waals surface area contributed by atoms with Crippen molar-refractivity contribution in [1.29, 1.82) is 0 Å². The van der Waals surface area contributed by atoms with E-state index in [1.54, 1.807) is 25.1 Å². The van der Waals surface area contributed by atoms with E-state index in [0.717, 1.165) is 22.1 Å². The number of ether oxygens (including phenoxy) is 1. The quantitative estimate of drug-likeness (QED) is 0.653. The molecule has 0 radical (unpaired) electrons. The first-order valence-corrected chi connectivity index (χ1v) is 5.74. The van der Waals surface area contributed by atoms with Gasteiger partial charge in [-0.3, -0.25) is 0 Å². The first-order chi connectivity index (χ1) is 7.79. The molecular formula is C11H12N2O2S. The molecule has 0 aliphatic heterocycles. The maximum absolute atomic E-state index is 5.86. The number of aromatic nitrogens is 1. The molecule has 1 aromatic carbocycles. The lowest BCUT2D eigenvalue weighted by Crippen LogP contribution is -1.90. The van der Waals surface area contributed by atoms with Crippen LogP contribution in [0.2, 0.25) is 0 Å². The largest absolute Gasteiger partial charge is 0.497 e. The number of rotatable bonds is 4. The van der Waals surface area contributed by atoms with Gasteiger partial charge in [0.05, 0.1) is 19.1 Å². The maximum Gasteiger partial charge on any atom is 0.146 e. The molecule has 1 aromatic heterocycles. The van der Waals surface area contributed by atoms with Gasteiger partial charge < -0.3 is 15.0 Å². The van der Waals surface area contributed by atoms with Crippen LogP contribution in [0.3, 0.4) is 0 Å². The fourth-order valence-electron chi connectivity index (χ4n) is 1.23. The van der Waals surface area contributed by atoms with Crippen molar-refractivity contribution >= 4 is 17.4 Å². The molecule has 0 aliphatic carbocycles. The second-order valence-electron chi connectivity index (χ2n) is 3.17. The van der Waals surface area contributed by atoms with E-state index in [2.05, 4.69) is 5.16 Å². The molecule has 2 aromatic rings. The molecule has 2 rings (SSSR count). The van der Waals surface area contributed by atoms with E-state index in [1.807, 2.05) is 24.3 Å². The number of anilines is 1. The van der Waals surface area contributed by atoms with Gasteiger partial charge in [0.15, 0.2) is 0 Å². The van der Waals surface area contributed by atoms with Crippen molar-refractivity contribution in [1.82, 2.24) is 5.16 Å². The summed E-state index contributed by atoms with van der Waals surface area (Å²) in [5.41, 5.74) is 6.60. The van der Waals surface area contributed by atoms with E-state index in [-0.39, 0.29) is 0 Å². The third kappa shape index (κ3) is 2.49. The topological polar surface area (TPSA) is 61.3 Å². The smallest absolute Gasteiger partial charge is 0.146 e. The third-order valence-electron chi connectivity index (χ3n) is 2.08. The van der Waals surface area contributed by atoms with Gasteiger partial charge in [-0.05, 0) is 18.2 Å². The summed E-state index contributed by atoms with van der Waals surface area (Å²) < 4.78 is 10.2. The van der Waals surface area contributed by atoms with Gasteiger partial charge in [-0.15, -0.1) is 11.8 Å². The van der Waals surface area contributed by atoms with Crippen molar-refractivity contribution in [3.05, 3.63) is 36.2 Å². The van der Waals surface area contributed by atoms with Crippen molar-refractivity contribution in [3.63, 3.8) is 0 Å². The second-order valence-corrected chi connectivity index (χ2v) is 4.19. The standard InChI is InChI=1S/C11H12N2O2S/c1-14-8-2-3-10(12)11(6-8)16-7-9-4-5-13-15-9/h2-6H,7,12H2,1H3. The summed E-state index contributed by atoms with van der Waals surface area (Å²) in [4.78, 5) is 0.982. The molecule has 5 heteroatoms. The lowest BCUT2D eigenvalue weighted by molar-refractivity contribution is 0.395. The minimum atomic E-state index is 0.706. The number of nitrogens with two attached hydrogens (primary N) is 1. The highest BCUT2D eigenvalue weighted by Crippen LogP contribution is 2.31. The molecule has 84 valence electrons. The van der Waals surface area contributed by atoms with Crippen LogP contribution in [-0.2, 0) is 5.75 Å². The number of nitrogens with zero attached hydrogens (tertiary/aromatic N) is 1. The number of hydrogen-bond acceptors (Lipinski definition) is 5. The average Bonchev–Trinajstić information content (AvgIpc) is 2.81. The van der Waals surface area contributed by atoms with Crippen molar-refractivity contribution in [3.8, 4) is 5.75 Å². The predicted molar refractivity (Wildman–Crippen MR) is 63.5 cm³/mol. The predicted octanol–water partition coefficient (Wildman–Crippen LogP) is 2.56. The molecule has 4 nitrogen and oxygen atoms in total. The lowest BCUT2D eigenvalue weighted by atomic mass is 10.3. The molecule has 0 unspecified atom stereocenters. The molecule has 0 amide bonds. The molecule has 0 atom stereocenters. The van der Waals surface area contributed by atoms with E-state index >= 15 is 0 Å². The van der Waals surface area contributed by atoms with E-state index in [4.69, 9.17) is 15.0 Å². The van der Waals surface area contributed by atoms with Crippen LogP contribution in [0, 0.1) is 0 Å². The summed E-state index contributed by atoms with van der Waals surface area (Å²) in [6.45, 7) is 0. The Balaban J connectivity index is 2.08. The van der Waals surface area contributed by atoms with Gasteiger partial charge in [-0.2, -0.15) is 0 Å². The summed E-state index contributed by atoms with van der Waals surface area (Å²) in [5, 5.41) is 3.65. The maximum atomic E-state index is 5.86. The van der Waals surface area contributed by atoms with Gasteiger partial charge in [0.2, 0.25) is 0 Å². The van der Waals surface area contributed by atoms with Gasteiger partial charge in [-0.25, -0.2) is 0 Å². The Bertz CT molecular complexity index is 457. The van der Waals surface area contributed by atoms with Gasteiger partial charge >= 0.3 is 0 Å². The molecule has 0 saturated carbocycles. The van der Waals surface area contributed by atoms with Crippen molar-refractivity contribution < 1.29 is 9.26 Å². The Labute approximate surface area is 97.8 Å². The van der Waals surface area contributed by atoms with E-state index in [0.29, 0.717) is 5.75 Å². The Morgan fingerprint density at radius 3 is 3.00 bits per heavy atom. The Morgan fingerprint density at radius 1 is 1.44 bits per heavy atom. The van der Waals surface area contributed by atoms with Gasteiger partial charge in [0.1, 0.15) is 11.5 Å². The Kier molecular flexibility index (Phi) is 3.36. The molecule has 0 aliphatic rings. The van der Waals surface area contributed by atoms with Crippen LogP contribution < -0.4 is 10.5 Å². The van der Waals surface area contributed by atoms with Crippen LogP contribution in [-0.4, -0.2) is 12.3 Å². The monoisotopic (exact) mass is 236 g/mol. The van der Waals surface area contributed by atoms with E-state index in [1.165, 1.54) is 0 Å². The van der Waals surface area contributed by atoms with Crippen LogP contribution in [0.25, 0.3) is 0 Å². The van der Waals surface area contributed by atoms with Crippen LogP contribution in [0.5, 0.6) is 5.75 Å². The van der Waals surface area contributed by atoms with Crippen molar-refractivity contribution in [2.45, 2.75) is 10.6 Å². The molecule has 0 saturated heterocycles. The zero-order valence-corrected chi connectivity index (χ0v) is 9.66. The van der Waals surface area contributed by atoms with Gasteiger partial charge in [0.25, 0.3) is 0 Å². The number of thioether (sulfide) groups is 1. The summed E-state index contributed by atoms with van der Waals surface area (Å²) in [6.07, 6.45) is 1.63. The molecule has 0 fully saturated rings. The molecule has 1 heterocycles. The summed E-state index contributed by atoms with van der Waals surface area (Å²) in [5.74, 6) is 2.33. The SMILES string of the molecule is COc1ccc(N)c(SCc2ccno2)c1. The Hall–Kier alpha value is -1.62. The summed E-state index contributed by atoms with van der Waals surface area (Å²) in [7, 11) is 1.64. The zero-order valence-electron chi connectivity index (χ0n) is 8.84. The minimum absolute atomic E-state index is 0.706. The molecule has 16 heavy (non-hydrogen) atoms. The number of methoxy groups -OCH3 is 1. The third-order valence-corrected chi connectivity index (χ3v) is 3.18. The van der Waals surface area contributed by atoms with Gasteiger partial charge in [0, 0.05) is 16.6 Å². The van der Waals surface area contributed by atoms with Crippen LogP contribution in [0.15, 0.2) is 39.9 Å². The highest BCUT2D eigenvalue weighted by atomic mass is 32.2. The van der Waals surface area contributed by atoms with Gasteiger partial charge in [-0.1, -0.05) is 5.16 Å². The molecule has 2 N–H and O–H groups in total. The highest BCUT2D eigenvalue weighted by Gasteiger charge is 2.04. The van der Waals surface area contributed by atoms with E-state index < -0.39 is 0 Å². The zero-order chi connectivity index (χ0) is 11.4. The average molecular weight is 236 g/mol.